The van der Waals surface area contributed by atoms with E-state index < -0.39 is 0 Å². The molecule has 0 atom stereocenters. The van der Waals surface area contributed by atoms with Crippen LogP contribution in [0.2, 0.25) is 0 Å². The second-order valence-electron chi connectivity index (χ2n) is 6.85. The first kappa shape index (κ1) is 19.4. The van der Waals surface area contributed by atoms with Gasteiger partial charge in [0.25, 0.3) is 11.8 Å². The third kappa shape index (κ3) is 4.12. The highest BCUT2D eigenvalue weighted by molar-refractivity contribution is 6.21. The number of aryl methyl sites for hydroxylation is 1. The van der Waals surface area contributed by atoms with Crippen LogP contribution in [0.4, 0.5) is 0 Å². The highest BCUT2D eigenvalue weighted by Gasteiger charge is 2.34. The Labute approximate surface area is 165 Å². The zero-order chi connectivity index (χ0) is 20.1. The van der Waals surface area contributed by atoms with Gasteiger partial charge >= 0.3 is 0 Å². The van der Waals surface area contributed by atoms with Gasteiger partial charge in [-0.25, -0.2) is 0 Å². The van der Waals surface area contributed by atoms with Crippen LogP contribution >= 0.6 is 0 Å². The predicted molar refractivity (Wildman–Crippen MR) is 106 cm³/mol. The molecule has 2 aromatic carbocycles. The fourth-order valence-corrected chi connectivity index (χ4v) is 3.25. The minimum Gasteiger partial charge on any atom is -0.327 e. The number of benzene rings is 2. The lowest BCUT2D eigenvalue weighted by atomic mass is 10.1. The molecule has 5 nitrogen and oxygen atoms in total. The van der Waals surface area contributed by atoms with E-state index in [2.05, 4.69) is 5.92 Å². The Morgan fingerprint density at radius 2 is 1.64 bits per heavy atom. The van der Waals surface area contributed by atoms with Crippen molar-refractivity contribution in [1.82, 2.24) is 9.80 Å². The quantitative estimate of drug-likeness (QED) is 0.553. The van der Waals surface area contributed by atoms with E-state index >= 15 is 0 Å². The van der Waals surface area contributed by atoms with Gasteiger partial charge in [-0.3, -0.25) is 19.3 Å². The molecule has 1 heterocycles. The Bertz CT molecular complexity index is 906. The molecule has 0 bridgehead atoms. The number of hydrogen-bond acceptors (Lipinski definition) is 3. The molecule has 0 saturated carbocycles. The number of terminal acetylenes is 1. The van der Waals surface area contributed by atoms with Crippen LogP contribution in [-0.2, 0) is 11.3 Å². The SMILES string of the molecule is C#CCN(Cc1ccc(C)cc1)C(=O)CCCN1C(=O)c2ccccc2C1=O. The molecular formula is C23H22N2O3. The molecule has 1 aliphatic rings. The fourth-order valence-electron chi connectivity index (χ4n) is 3.25. The molecule has 3 rings (SSSR count). The predicted octanol–water partition coefficient (Wildman–Crippen LogP) is 3.03. The number of fused-ring (bicyclic) bond motifs is 1. The summed E-state index contributed by atoms with van der Waals surface area (Å²) < 4.78 is 0. The molecule has 0 saturated heterocycles. The topological polar surface area (TPSA) is 57.7 Å². The second kappa shape index (κ2) is 8.53. The Hall–Kier alpha value is -3.39. The molecule has 0 fully saturated rings. The van der Waals surface area contributed by atoms with Crippen molar-refractivity contribution in [3.8, 4) is 12.3 Å². The van der Waals surface area contributed by atoms with Crippen molar-refractivity contribution in [2.75, 3.05) is 13.1 Å². The number of hydrogen-bond donors (Lipinski definition) is 0. The van der Waals surface area contributed by atoms with Gasteiger partial charge in [0, 0.05) is 19.5 Å². The molecule has 0 spiro atoms. The maximum absolute atomic E-state index is 12.6. The number of rotatable bonds is 7. The van der Waals surface area contributed by atoms with Gasteiger partial charge in [0.2, 0.25) is 5.91 Å². The zero-order valence-electron chi connectivity index (χ0n) is 15.9. The summed E-state index contributed by atoms with van der Waals surface area (Å²) in [4.78, 5) is 40.2. The van der Waals surface area contributed by atoms with E-state index in [4.69, 9.17) is 6.42 Å². The van der Waals surface area contributed by atoms with E-state index in [1.165, 1.54) is 4.90 Å². The molecule has 0 aliphatic carbocycles. The summed E-state index contributed by atoms with van der Waals surface area (Å²) in [6.45, 7) is 2.88. The first-order chi connectivity index (χ1) is 13.5. The highest BCUT2D eigenvalue weighted by Crippen LogP contribution is 2.22. The van der Waals surface area contributed by atoms with Gasteiger partial charge in [-0.2, -0.15) is 0 Å². The summed E-state index contributed by atoms with van der Waals surface area (Å²) in [5, 5.41) is 0. The van der Waals surface area contributed by atoms with Gasteiger partial charge in [-0.05, 0) is 31.0 Å². The molecule has 5 heteroatoms. The van der Waals surface area contributed by atoms with E-state index in [1.807, 2.05) is 31.2 Å². The van der Waals surface area contributed by atoms with Crippen LogP contribution in [0.1, 0.15) is 44.7 Å². The van der Waals surface area contributed by atoms with Crippen molar-refractivity contribution in [2.45, 2.75) is 26.3 Å². The van der Waals surface area contributed by atoms with Crippen molar-refractivity contribution in [3.05, 3.63) is 70.8 Å². The van der Waals surface area contributed by atoms with Crippen molar-refractivity contribution >= 4 is 17.7 Å². The maximum Gasteiger partial charge on any atom is 0.261 e. The monoisotopic (exact) mass is 374 g/mol. The lowest BCUT2D eigenvalue weighted by Crippen LogP contribution is -2.33. The van der Waals surface area contributed by atoms with E-state index in [-0.39, 0.29) is 37.2 Å². The van der Waals surface area contributed by atoms with Crippen LogP contribution in [0.5, 0.6) is 0 Å². The molecule has 28 heavy (non-hydrogen) atoms. The van der Waals surface area contributed by atoms with Gasteiger partial charge in [0.1, 0.15) is 0 Å². The average Bonchev–Trinajstić information content (AvgIpc) is 2.94. The third-order valence-electron chi connectivity index (χ3n) is 4.78. The van der Waals surface area contributed by atoms with Gasteiger partial charge in [-0.1, -0.05) is 47.9 Å². The van der Waals surface area contributed by atoms with Crippen LogP contribution in [0.3, 0.4) is 0 Å². The van der Waals surface area contributed by atoms with Crippen molar-refractivity contribution in [3.63, 3.8) is 0 Å². The van der Waals surface area contributed by atoms with Crippen molar-refractivity contribution in [1.29, 1.82) is 0 Å². The smallest absolute Gasteiger partial charge is 0.261 e. The van der Waals surface area contributed by atoms with E-state index in [1.54, 1.807) is 29.2 Å². The Morgan fingerprint density at radius 3 is 2.21 bits per heavy atom. The normalized spacial score (nSPS) is 12.6. The largest absolute Gasteiger partial charge is 0.327 e. The number of imide groups is 1. The van der Waals surface area contributed by atoms with Crippen LogP contribution in [0.25, 0.3) is 0 Å². The molecule has 3 amide bonds. The first-order valence-corrected chi connectivity index (χ1v) is 9.23. The molecule has 2 aromatic rings. The van der Waals surface area contributed by atoms with E-state index in [0.717, 1.165) is 11.1 Å². The summed E-state index contributed by atoms with van der Waals surface area (Å²) in [7, 11) is 0. The highest BCUT2D eigenvalue weighted by atomic mass is 16.2. The van der Waals surface area contributed by atoms with Crippen LogP contribution in [0, 0.1) is 19.3 Å². The van der Waals surface area contributed by atoms with Gasteiger partial charge in [0.15, 0.2) is 0 Å². The average molecular weight is 374 g/mol. The lowest BCUT2D eigenvalue weighted by molar-refractivity contribution is -0.131. The Morgan fingerprint density at radius 1 is 1.04 bits per heavy atom. The summed E-state index contributed by atoms with van der Waals surface area (Å²) in [5.41, 5.74) is 3.01. The summed E-state index contributed by atoms with van der Waals surface area (Å²) >= 11 is 0. The maximum atomic E-state index is 12.6. The number of nitrogens with zero attached hydrogens (tertiary/aromatic N) is 2. The van der Waals surface area contributed by atoms with Gasteiger partial charge in [0.05, 0.1) is 17.7 Å². The molecule has 0 aromatic heterocycles. The first-order valence-electron chi connectivity index (χ1n) is 9.23. The standard InChI is InChI=1S/C23H22N2O3/c1-3-14-24(16-18-12-10-17(2)11-13-18)21(26)9-6-15-25-22(27)19-7-4-5-8-20(19)23(25)28/h1,4-5,7-8,10-13H,6,9,14-16H2,2H3. The Kier molecular flexibility index (Phi) is 5.90. The van der Waals surface area contributed by atoms with Crippen molar-refractivity contribution < 1.29 is 14.4 Å². The molecule has 142 valence electrons. The lowest BCUT2D eigenvalue weighted by Gasteiger charge is -2.21. The molecule has 0 radical (unpaired) electrons. The molecular weight excluding hydrogens is 352 g/mol. The number of carbonyl (C=O) groups is 3. The van der Waals surface area contributed by atoms with Crippen LogP contribution in [0.15, 0.2) is 48.5 Å². The number of amides is 3. The minimum atomic E-state index is -0.298. The van der Waals surface area contributed by atoms with E-state index in [9.17, 15) is 14.4 Å². The second-order valence-corrected chi connectivity index (χ2v) is 6.85. The number of carbonyl (C=O) groups excluding carboxylic acids is 3. The molecule has 0 unspecified atom stereocenters. The fraction of sp³-hybridized carbons (Fsp3) is 0.261. The third-order valence-corrected chi connectivity index (χ3v) is 4.78. The van der Waals surface area contributed by atoms with Crippen LogP contribution in [-0.4, -0.2) is 40.6 Å². The summed E-state index contributed by atoms with van der Waals surface area (Å²) in [6.07, 6.45) is 6.04. The van der Waals surface area contributed by atoms with Gasteiger partial charge in [-0.15, -0.1) is 6.42 Å². The molecule has 0 N–H and O–H groups in total. The zero-order valence-corrected chi connectivity index (χ0v) is 15.9. The molecule has 1 aliphatic heterocycles. The van der Waals surface area contributed by atoms with E-state index in [0.29, 0.717) is 24.1 Å². The van der Waals surface area contributed by atoms with Crippen molar-refractivity contribution in [2.24, 2.45) is 0 Å². The summed E-state index contributed by atoms with van der Waals surface area (Å²) in [6, 6.07) is 14.7. The summed E-state index contributed by atoms with van der Waals surface area (Å²) in [5.74, 6) is 1.84. The Balaban J connectivity index is 1.56. The minimum absolute atomic E-state index is 0.0878. The van der Waals surface area contributed by atoms with Crippen LogP contribution < -0.4 is 0 Å². The van der Waals surface area contributed by atoms with Gasteiger partial charge < -0.3 is 4.90 Å².